The molecule has 0 saturated carbocycles. The van der Waals surface area contributed by atoms with Gasteiger partial charge in [-0.15, -0.1) is 0 Å². The number of rotatable bonds is 7. The number of nitrogens with one attached hydrogen (secondary N) is 4. The second-order valence-corrected chi connectivity index (χ2v) is 6.36. The number of aryl methyl sites for hydroxylation is 1. The molecule has 3 rings (SSSR count). The number of amides is 2. The average molecular weight is 411 g/mol. The molecule has 2 amide bonds. The number of fused-ring (bicyclic) bond motifs is 1. The number of H-pyrrole nitrogens is 1. The zero-order chi connectivity index (χ0) is 21.5. The Morgan fingerprint density at radius 1 is 1.00 bits per heavy atom. The molecular weight excluding hydrogens is 390 g/mol. The van der Waals surface area contributed by atoms with Crippen LogP contribution in [-0.4, -0.2) is 35.0 Å². The van der Waals surface area contributed by atoms with Gasteiger partial charge in [-0.25, -0.2) is 4.79 Å². The quantitative estimate of drug-likeness (QED) is 0.415. The van der Waals surface area contributed by atoms with Crippen molar-refractivity contribution in [3.8, 4) is 5.75 Å². The number of para-hydroxylation sites is 1. The van der Waals surface area contributed by atoms with E-state index in [2.05, 4.69) is 21.2 Å². The Morgan fingerprint density at radius 3 is 2.43 bits per heavy atom. The molecule has 2 aromatic carbocycles. The van der Waals surface area contributed by atoms with E-state index in [0.29, 0.717) is 16.7 Å². The largest absolute Gasteiger partial charge is 0.497 e. The number of anilines is 1. The van der Waals surface area contributed by atoms with Gasteiger partial charge in [-0.1, -0.05) is 12.1 Å². The van der Waals surface area contributed by atoms with Gasteiger partial charge in [-0.2, -0.15) is 0 Å². The van der Waals surface area contributed by atoms with Gasteiger partial charge in [0, 0.05) is 18.7 Å². The first-order valence-electron chi connectivity index (χ1n) is 9.15. The maximum atomic E-state index is 12.1. The van der Waals surface area contributed by atoms with Gasteiger partial charge in [-0.3, -0.25) is 34.8 Å². The van der Waals surface area contributed by atoms with E-state index >= 15 is 0 Å². The minimum Gasteiger partial charge on any atom is -0.497 e. The van der Waals surface area contributed by atoms with Crippen molar-refractivity contribution in [2.24, 2.45) is 0 Å². The normalized spacial score (nSPS) is 10.4. The highest BCUT2D eigenvalue weighted by Gasteiger charge is 2.10. The molecule has 10 nitrogen and oxygen atoms in total. The third-order valence-electron chi connectivity index (χ3n) is 4.35. The third-order valence-corrected chi connectivity index (χ3v) is 4.35. The number of carbonyl (C=O) groups excluding carboxylic acids is 2. The van der Waals surface area contributed by atoms with Gasteiger partial charge in [0.25, 0.3) is 11.5 Å². The zero-order valence-corrected chi connectivity index (χ0v) is 16.2. The highest BCUT2D eigenvalue weighted by molar-refractivity contribution is 5.84. The summed E-state index contributed by atoms with van der Waals surface area (Å²) in [5.41, 5.74) is 4.69. The van der Waals surface area contributed by atoms with Gasteiger partial charge in [-0.05, 0) is 36.4 Å². The van der Waals surface area contributed by atoms with Crippen molar-refractivity contribution >= 4 is 28.4 Å². The molecule has 1 heterocycles. The van der Waals surface area contributed by atoms with Crippen LogP contribution in [-0.2, 0) is 16.1 Å². The maximum Gasteiger partial charge on any atom is 0.328 e. The minimum atomic E-state index is -0.598. The summed E-state index contributed by atoms with van der Waals surface area (Å²) in [5.74, 6) is -0.215. The van der Waals surface area contributed by atoms with E-state index in [4.69, 9.17) is 4.74 Å². The van der Waals surface area contributed by atoms with Gasteiger partial charge in [0.1, 0.15) is 5.75 Å². The number of ether oxygens (including phenoxy) is 1. The molecule has 0 aliphatic rings. The lowest BCUT2D eigenvalue weighted by Gasteiger charge is -2.11. The fourth-order valence-corrected chi connectivity index (χ4v) is 2.82. The summed E-state index contributed by atoms with van der Waals surface area (Å²) in [4.78, 5) is 50.1. The number of hydrazine groups is 1. The predicted octanol–water partition coefficient (Wildman–Crippen LogP) is 0.348. The van der Waals surface area contributed by atoms with Crippen molar-refractivity contribution in [3.05, 3.63) is 69.4 Å². The van der Waals surface area contributed by atoms with Crippen molar-refractivity contribution in [2.45, 2.75) is 13.0 Å². The molecule has 3 aromatic rings. The summed E-state index contributed by atoms with van der Waals surface area (Å²) in [6.45, 7) is -0.00143. The Labute approximate surface area is 170 Å². The molecule has 0 fully saturated rings. The summed E-state index contributed by atoms with van der Waals surface area (Å²) >= 11 is 0. The predicted molar refractivity (Wildman–Crippen MR) is 111 cm³/mol. The third kappa shape index (κ3) is 5.04. The first-order valence-corrected chi connectivity index (χ1v) is 9.15. The van der Waals surface area contributed by atoms with Gasteiger partial charge in [0.05, 0.1) is 24.6 Å². The minimum absolute atomic E-state index is 0.0436. The Hall–Kier alpha value is -4.08. The number of hydrogen-bond acceptors (Lipinski definition) is 6. The van der Waals surface area contributed by atoms with Crippen LogP contribution in [0, 0.1) is 0 Å². The summed E-state index contributed by atoms with van der Waals surface area (Å²) in [6.07, 6.45) is -0.0673. The van der Waals surface area contributed by atoms with Gasteiger partial charge in [0.15, 0.2) is 0 Å². The van der Waals surface area contributed by atoms with Crippen LogP contribution in [0.3, 0.4) is 0 Å². The molecule has 4 N–H and O–H groups in total. The van der Waals surface area contributed by atoms with Crippen molar-refractivity contribution in [1.29, 1.82) is 0 Å². The van der Waals surface area contributed by atoms with Crippen LogP contribution >= 0.6 is 0 Å². The average Bonchev–Trinajstić information content (AvgIpc) is 2.76. The molecule has 30 heavy (non-hydrogen) atoms. The molecule has 0 unspecified atom stereocenters. The molecule has 1 aromatic heterocycles. The number of aromatic nitrogens is 2. The summed E-state index contributed by atoms with van der Waals surface area (Å²) in [6, 6.07) is 13.7. The lowest BCUT2D eigenvalue weighted by molar-refractivity contribution is -0.128. The van der Waals surface area contributed by atoms with E-state index in [1.165, 1.54) is 4.57 Å². The van der Waals surface area contributed by atoms with E-state index < -0.39 is 23.1 Å². The highest BCUT2D eigenvalue weighted by atomic mass is 16.5. The summed E-state index contributed by atoms with van der Waals surface area (Å²) < 4.78 is 6.37. The molecule has 10 heteroatoms. The number of aromatic amines is 1. The fourth-order valence-electron chi connectivity index (χ4n) is 2.82. The lowest BCUT2D eigenvalue weighted by Crippen LogP contribution is -2.44. The van der Waals surface area contributed by atoms with Crippen LogP contribution in [0.4, 0.5) is 5.69 Å². The van der Waals surface area contributed by atoms with Crippen molar-refractivity contribution < 1.29 is 14.3 Å². The number of hydrogen-bond donors (Lipinski definition) is 4. The molecule has 0 radical (unpaired) electrons. The molecule has 0 atom stereocenters. The van der Waals surface area contributed by atoms with Gasteiger partial charge >= 0.3 is 5.69 Å². The van der Waals surface area contributed by atoms with Crippen LogP contribution in [0.25, 0.3) is 10.9 Å². The number of methoxy groups -OCH3 is 1. The van der Waals surface area contributed by atoms with Crippen molar-refractivity contribution in [3.63, 3.8) is 0 Å². The second-order valence-electron chi connectivity index (χ2n) is 6.36. The van der Waals surface area contributed by atoms with E-state index in [1.807, 2.05) is 0 Å². The Morgan fingerprint density at radius 2 is 1.70 bits per heavy atom. The van der Waals surface area contributed by atoms with E-state index in [1.54, 1.807) is 55.6 Å². The smallest absolute Gasteiger partial charge is 0.328 e. The van der Waals surface area contributed by atoms with Crippen LogP contribution in [0.5, 0.6) is 5.75 Å². The van der Waals surface area contributed by atoms with Crippen LogP contribution in [0.1, 0.15) is 6.42 Å². The van der Waals surface area contributed by atoms with Crippen LogP contribution < -0.4 is 32.2 Å². The molecule has 0 aliphatic carbocycles. The van der Waals surface area contributed by atoms with E-state index in [9.17, 15) is 19.2 Å². The Balaban J connectivity index is 1.49. The van der Waals surface area contributed by atoms with Crippen LogP contribution in [0.2, 0.25) is 0 Å². The molecule has 0 aliphatic heterocycles. The Kier molecular flexibility index (Phi) is 6.48. The SMILES string of the molecule is COc1ccc(NCC(=O)NNC(=O)CCn2c(=O)[nH]c(=O)c3ccccc32)cc1. The van der Waals surface area contributed by atoms with E-state index in [0.717, 1.165) is 5.69 Å². The molecule has 0 saturated heterocycles. The van der Waals surface area contributed by atoms with Gasteiger partial charge < -0.3 is 10.1 Å². The van der Waals surface area contributed by atoms with Gasteiger partial charge in [0.2, 0.25) is 5.91 Å². The zero-order valence-electron chi connectivity index (χ0n) is 16.2. The van der Waals surface area contributed by atoms with Crippen molar-refractivity contribution in [2.75, 3.05) is 19.0 Å². The number of benzene rings is 2. The molecule has 0 bridgehead atoms. The highest BCUT2D eigenvalue weighted by Crippen LogP contribution is 2.14. The Bertz CT molecular complexity index is 1170. The molecular formula is C20H21N5O5. The monoisotopic (exact) mass is 411 g/mol. The maximum absolute atomic E-state index is 12.1. The standard InChI is InChI=1S/C20H21N5O5/c1-30-14-8-6-13(7-9-14)21-12-18(27)24-23-17(26)10-11-25-16-5-3-2-4-15(16)19(28)22-20(25)29/h2-9,21H,10-12H2,1H3,(H,23,26)(H,24,27)(H,22,28,29). The summed E-state index contributed by atoms with van der Waals surface area (Å²) in [5, 5.41) is 3.27. The lowest BCUT2D eigenvalue weighted by atomic mass is 10.2. The fraction of sp³-hybridized carbons (Fsp3) is 0.200. The summed E-state index contributed by atoms with van der Waals surface area (Å²) in [7, 11) is 1.56. The topological polar surface area (TPSA) is 134 Å². The van der Waals surface area contributed by atoms with Crippen molar-refractivity contribution in [1.82, 2.24) is 20.4 Å². The van der Waals surface area contributed by atoms with Crippen LogP contribution in [0.15, 0.2) is 58.1 Å². The van der Waals surface area contributed by atoms with E-state index in [-0.39, 0.29) is 19.5 Å². The molecule has 0 spiro atoms. The second kappa shape index (κ2) is 9.41. The molecule has 156 valence electrons. The first-order chi connectivity index (χ1) is 14.5. The first kappa shape index (κ1) is 20.6. The number of nitrogens with zero attached hydrogens (tertiary/aromatic N) is 1. The number of carbonyl (C=O) groups is 2.